The molecule has 4 aromatic rings. The smallest absolute Gasteiger partial charge is 0.322 e. The molecule has 0 spiro atoms. The molecule has 2 amide bonds. The molecule has 0 saturated carbocycles. The van der Waals surface area contributed by atoms with Gasteiger partial charge in [0.1, 0.15) is 18.9 Å². The molecule has 1 aromatic carbocycles. The molecule has 11 nitrogen and oxygen atoms in total. The number of aryl methyl sites for hydroxylation is 1. The molecule has 0 bridgehead atoms. The van der Waals surface area contributed by atoms with Crippen LogP contribution in [-0.2, 0) is 28.0 Å². The Labute approximate surface area is 179 Å². The van der Waals surface area contributed by atoms with Gasteiger partial charge in [-0.15, -0.1) is 0 Å². The Morgan fingerprint density at radius 1 is 0.969 bits per heavy atom. The van der Waals surface area contributed by atoms with Crippen molar-refractivity contribution in [3.63, 3.8) is 0 Å². The minimum absolute atomic E-state index is 0.204. The van der Waals surface area contributed by atoms with E-state index >= 15 is 0 Å². The lowest BCUT2D eigenvalue weighted by Crippen LogP contribution is -2.40. The third-order valence-electron chi connectivity index (χ3n) is 4.87. The average Bonchev–Trinajstić information content (AvgIpc) is 3.33. The summed E-state index contributed by atoms with van der Waals surface area (Å²) < 4.78 is 17.8. The van der Waals surface area contributed by atoms with Crippen molar-refractivity contribution in [2.75, 3.05) is 13.1 Å². The maximum atomic E-state index is 14.8. The molecule has 0 saturated heterocycles. The zero-order valence-electron chi connectivity index (χ0n) is 16.9. The molecule has 3 N–H and O–H groups in total. The molecular formula is C20H18FN7O4. The van der Waals surface area contributed by atoms with Crippen LogP contribution in [0.4, 0.5) is 4.39 Å². The van der Waals surface area contributed by atoms with Gasteiger partial charge in [-0.05, 0) is 12.1 Å². The van der Waals surface area contributed by atoms with E-state index < -0.39 is 30.1 Å². The highest BCUT2D eigenvalue weighted by Gasteiger charge is 2.16. The maximum absolute atomic E-state index is 14.8. The Kier molecular flexibility index (Phi) is 5.50. The van der Waals surface area contributed by atoms with Crippen LogP contribution in [0, 0.1) is 5.82 Å². The van der Waals surface area contributed by atoms with E-state index in [0.29, 0.717) is 27.4 Å². The van der Waals surface area contributed by atoms with Crippen molar-refractivity contribution in [1.82, 2.24) is 35.2 Å². The topological polar surface area (TPSA) is 144 Å². The van der Waals surface area contributed by atoms with Crippen molar-refractivity contribution in [3.05, 3.63) is 42.7 Å². The summed E-state index contributed by atoms with van der Waals surface area (Å²) in [7, 11) is 1.77. The van der Waals surface area contributed by atoms with Crippen molar-refractivity contribution in [1.29, 1.82) is 0 Å². The van der Waals surface area contributed by atoms with Crippen LogP contribution in [0.2, 0.25) is 0 Å². The molecule has 3 aromatic heterocycles. The number of carbonyl (C=O) groups is 3. The number of amides is 2. The molecule has 12 heteroatoms. The number of nitrogens with one attached hydrogen (secondary N) is 2. The predicted molar refractivity (Wildman–Crippen MR) is 111 cm³/mol. The highest BCUT2D eigenvalue weighted by atomic mass is 19.1. The van der Waals surface area contributed by atoms with E-state index in [0.717, 1.165) is 5.52 Å². The summed E-state index contributed by atoms with van der Waals surface area (Å²) in [6.07, 6.45) is 6.15. The van der Waals surface area contributed by atoms with Crippen LogP contribution in [0.25, 0.3) is 32.9 Å². The molecule has 0 aliphatic carbocycles. The number of nitrogens with zero attached hydrogens (tertiary/aromatic N) is 5. The largest absolute Gasteiger partial charge is 0.480 e. The Balaban J connectivity index is 1.56. The number of carbonyl (C=O) groups excluding carboxylic acids is 2. The van der Waals surface area contributed by atoms with E-state index in [2.05, 4.69) is 25.8 Å². The van der Waals surface area contributed by atoms with Crippen molar-refractivity contribution in [2.24, 2.45) is 7.05 Å². The number of benzene rings is 1. The molecule has 3 heterocycles. The molecule has 164 valence electrons. The normalized spacial score (nSPS) is 11.1. The van der Waals surface area contributed by atoms with Crippen LogP contribution >= 0.6 is 0 Å². The van der Waals surface area contributed by atoms with E-state index in [9.17, 15) is 18.8 Å². The molecule has 0 fully saturated rings. The molecule has 0 unspecified atom stereocenters. The second-order valence-corrected chi connectivity index (χ2v) is 7.03. The number of pyridine rings is 1. The number of hydrogen-bond acceptors (Lipinski definition) is 6. The number of carboxylic acid groups (broad SMARTS) is 1. The summed E-state index contributed by atoms with van der Waals surface area (Å²) in [5.41, 5.74) is 2.12. The minimum atomic E-state index is -1.19. The van der Waals surface area contributed by atoms with Crippen molar-refractivity contribution in [3.8, 4) is 11.1 Å². The number of halogens is 1. The number of fused-ring (bicyclic) bond motifs is 2. The number of aromatic nitrogens is 5. The van der Waals surface area contributed by atoms with E-state index in [1.54, 1.807) is 24.0 Å². The first kappa shape index (κ1) is 20.9. The van der Waals surface area contributed by atoms with Crippen molar-refractivity contribution < 1.29 is 23.9 Å². The van der Waals surface area contributed by atoms with Gasteiger partial charge in [0.25, 0.3) is 0 Å². The van der Waals surface area contributed by atoms with Gasteiger partial charge in [0, 0.05) is 35.1 Å². The zero-order valence-corrected chi connectivity index (χ0v) is 16.9. The molecular weight excluding hydrogens is 421 g/mol. The predicted octanol–water partition coefficient (Wildman–Crippen LogP) is 0.441. The van der Waals surface area contributed by atoms with Crippen LogP contribution in [-0.4, -0.2) is 60.5 Å². The summed E-state index contributed by atoms with van der Waals surface area (Å²) in [5, 5.41) is 22.7. The highest BCUT2D eigenvalue weighted by Crippen LogP contribution is 2.32. The van der Waals surface area contributed by atoms with Gasteiger partial charge in [-0.25, -0.2) is 4.39 Å². The molecule has 0 atom stereocenters. The standard InChI is InChI=1S/C20H18FN7O4/c1-27-16-3-12(15(21)2-11(16)4-25-27)13-5-22-7-17-14(13)6-26-28(17)10-19(30)23-8-18(29)24-9-20(31)32/h2-7H,8-10H2,1H3,(H,23,30)(H,24,29)(H,31,32). The third-order valence-corrected chi connectivity index (χ3v) is 4.87. The van der Waals surface area contributed by atoms with E-state index in [1.165, 1.54) is 29.3 Å². The SMILES string of the molecule is Cn1ncc2cc(F)c(-c3cncc4c3cnn4CC(=O)NCC(=O)NCC(=O)O)cc21. The van der Waals surface area contributed by atoms with Crippen LogP contribution in [0.3, 0.4) is 0 Å². The van der Waals surface area contributed by atoms with E-state index in [-0.39, 0.29) is 13.1 Å². The third kappa shape index (κ3) is 4.10. The van der Waals surface area contributed by atoms with Crippen LogP contribution in [0.15, 0.2) is 36.9 Å². The van der Waals surface area contributed by atoms with Gasteiger partial charge in [0.15, 0.2) is 0 Å². The van der Waals surface area contributed by atoms with Crippen LogP contribution < -0.4 is 10.6 Å². The maximum Gasteiger partial charge on any atom is 0.322 e. The van der Waals surface area contributed by atoms with Crippen LogP contribution in [0.5, 0.6) is 0 Å². The fourth-order valence-electron chi connectivity index (χ4n) is 3.32. The monoisotopic (exact) mass is 439 g/mol. The van der Waals surface area contributed by atoms with Gasteiger partial charge >= 0.3 is 5.97 Å². The quantitative estimate of drug-likeness (QED) is 0.379. The summed E-state index contributed by atoms with van der Waals surface area (Å²) in [6.45, 7) is -1.11. The Morgan fingerprint density at radius 3 is 2.53 bits per heavy atom. The van der Waals surface area contributed by atoms with Crippen molar-refractivity contribution >= 4 is 39.6 Å². The fourth-order valence-corrected chi connectivity index (χ4v) is 3.32. The first-order chi connectivity index (χ1) is 15.3. The van der Waals surface area contributed by atoms with Gasteiger partial charge in [0.2, 0.25) is 11.8 Å². The highest BCUT2D eigenvalue weighted by molar-refractivity contribution is 5.97. The van der Waals surface area contributed by atoms with Gasteiger partial charge < -0.3 is 15.7 Å². The number of carboxylic acids is 1. The van der Waals surface area contributed by atoms with E-state index in [1.807, 2.05) is 0 Å². The van der Waals surface area contributed by atoms with Gasteiger partial charge in [-0.1, -0.05) is 0 Å². The Morgan fingerprint density at radius 2 is 1.75 bits per heavy atom. The molecule has 0 radical (unpaired) electrons. The lowest BCUT2D eigenvalue weighted by molar-refractivity contribution is -0.137. The average molecular weight is 439 g/mol. The van der Waals surface area contributed by atoms with Gasteiger partial charge in [-0.2, -0.15) is 10.2 Å². The summed E-state index contributed by atoms with van der Waals surface area (Å²) >= 11 is 0. The first-order valence-electron chi connectivity index (χ1n) is 9.50. The summed E-state index contributed by atoms with van der Waals surface area (Å²) in [4.78, 5) is 38.4. The van der Waals surface area contributed by atoms with Gasteiger partial charge in [0.05, 0.1) is 36.2 Å². The number of aliphatic carboxylic acids is 1. The van der Waals surface area contributed by atoms with Crippen LogP contribution in [0.1, 0.15) is 0 Å². The minimum Gasteiger partial charge on any atom is -0.480 e. The Hall–Kier alpha value is -4.35. The molecule has 0 aliphatic rings. The molecule has 4 rings (SSSR count). The number of hydrogen-bond donors (Lipinski definition) is 3. The zero-order chi connectivity index (χ0) is 22.8. The molecule has 32 heavy (non-hydrogen) atoms. The summed E-state index contributed by atoms with van der Waals surface area (Å²) in [6, 6.07) is 3.09. The lowest BCUT2D eigenvalue weighted by atomic mass is 10.0. The van der Waals surface area contributed by atoms with E-state index in [4.69, 9.17) is 5.11 Å². The lowest BCUT2D eigenvalue weighted by Gasteiger charge is -2.08. The number of rotatable bonds is 7. The summed E-state index contributed by atoms with van der Waals surface area (Å²) in [5.74, 6) is -2.75. The second kappa shape index (κ2) is 8.41. The fraction of sp³-hybridized carbons (Fsp3) is 0.200. The first-order valence-corrected chi connectivity index (χ1v) is 9.50. The molecule has 0 aliphatic heterocycles. The second-order valence-electron chi connectivity index (χ2n) is 7.03. The van der Waals surface area contributed by atoms with Crippen molar-refractivity contribution in [2.45, 2.75) is 6.54 Å². The van der Waals surface area contributed by atoms with Gasteiger partial charge in [-0.3, -0.25) is 28.7 Å². The Bertz CT molecular complexity index is 1360.